The third kappa shape index (κ3) is 4.84. The summed E-state index contributed by atoms with van der Waals surface area (Å²) in [6.45, 7) is 6.05. The van der Waals surface area contributed by atoms with Crippen LogP contribution in [0.1, 0.15) is 40.0 Å². The van der Waals surface area contributed by atoms with E-state index in [-0.39, 0.29) is 18.4 Å². The molecule has 0 aliphatic heterocycles. The van der Waals surface area contributed by atoms with Crippen molar-refractivity contribution in [3.63, 3.8) is 0 Å². The van der Waals surface area contributed by atoms with Gasteiger partial charge in [0.15, 0.2) is 0 Å². The molecule has 1 N–H and O–H groups in total. The highest BCUT2D eigenvalue weighted by Crippen LogP contribution is 2.04. The Kier molecular flexibility index (Phi) is 5.92. The van der Waals surface area contributed by atoms with Crippen molar-refractivity contribution in [3.05, 3.63) is 0 Å². The molecule has 0 aromatic carbocycles. The number of hydrogen-bond acceptors (Lipinski definition) is 2. The molecule has 0 heterocycles. The summed E-state index contributed by atoms with van der Waals surface area (Å²) in [5, 5.41) is 8.52. The lowest BCUT2D eigenvalue weighted by Crippen LogP contribution is -2.38. The second-order valence-electron chi connectivity index (χ2n) is 3.57. The van der Waals surface area contributed by atoms with Gasteiger partial charge < -0.3 is 10.0 Å². The SMILES string of the molecule is CCCC(=O)N(CCC(=O)O)C(C)C. The van der Waals surface area contributed by atoms with E-state index >= 15 is 0 Å². The fourth-order valence-corrected chi connectivity index (χ4v) is 1.24. The molecule has 0 rings (SSSR count). The normalized spacial score (nSPS) is 10.3. The Bertz CT molecular complexity index is 202. The van der Waals surface area contributed by atoms with E-state index in [2.05, 4.69) is 0 Å². The molecule has 0 radical (unpaired) electrons. The summed E-state index contributed by atoms with van der Waals surface area (Å²) in [7, 11) is 0. The minimum Gasteiger partial charge on any atom is -0.481 e. The fraction of sp³-hybridized carbons (Fsp3) is 0.800. The molecule has 0 aliphatic carbocycles. The number of rotatable bonds is 6. The topological polar surface area (TPSA) is 57.6 Å². The fourth-order valence-electron chi connectivity index (χ4n) is 1.24. The number of carboxylic acids is 1. The van der Waals surface area contributed by atoms with Crippen molar-refractivity contribution in [2.75, 3.05) is 6.54 Å². The van der Waals surface area contributed by atoms with Crippen LogP contribution < -0.4 is 0 Å². The van der Waals surface area contributed by atoms with Crippen molar-refractivity contribution in [1.82, 2.24) is 4.90 Å². The molecular weight excluding hydrogens is 182 g/mol. The Morgan fingerprint density at radius 3 is 2.21 bits per heavy atom. The van der Waals surface area contributed by atoms with Crippen LogP contribution >= 0.6 is 0 Å². The standard InChI is InChI=1S/C10H19NO3/c1-4-5-9(12)11(8(2)3)7-6-10(13)14/h8H,4-7H2,1-3H3,(H,13,14). The van der Waals surface area contributed by atoms with Crippen molar-refractivity contribution >= 4 is 11.9 Å². The first-order chi connectivity index (χ1) is 6.49. The van der Waals surface area contributed by atoms with E-state index in [1.54, 1.807) is 4.90 Å². The maximum atomic E-state index is 11.5. The molecule has 14 heavy (non-hydrogen) atoms. The Morgan fingerprint density at radius 2 is 1.86 bits per heavy atom. The molecule has 82 valence electrons. The first-order valence-electron chi connectivity index (χ1n) is 5.00. The van der Waals surface area contributed by atoms with Gasteiger partial charge in [-0.3, -0.25) is 9.59 Å². The number of carbonyl (C=O) groups excluding carboxylic acids is 1. The summed E-state index contributed by atoms with van der Waals surface area (Å²) in [6, 6.07) is 0.0772. The molecular formula is C10H19NO3. The van der Waals surface area contributed by atoms with Crippen LogP contribution in [0.15, 0.2) is 0 Å². The van der Waals surface area contributed by atoms with Gasteiger partial charge >= 0.3 is 5.97 Å². The molecule has 0 saturated heterocycles. The largest absolute Gasteiger partial charge is 0.481 e. The van der Waals surface area contributed by atoms with Gasteiger partial charge in [0.1, 0.15) is 0 Å². The van der Waals surface area contributed by atoms with Crippen LogP contribution in [-0.4, -0.2) is 34.5 Å². The van der Waals surface area contributed by atoms with Crippen LogP contribution in [0.3, 0.4) is 0 Å². The molecule has 0 spiro atoms. The monoisotopic (exact) mass is 201 g/mol. The molecule has 0 aromatic rings. The maximum absolute atomic E-state index is 11.5. The summed E-state index contributed by atoms with van der Waals surface area (Å²) < 4.78 is 0. The molecule has 0 fully saturated rings. The zero-order valence-corrected chi connectivity index (χ0v) is 9.12. The number of hydrogen-bond donors (Lipinski definition) is 1. The molecule has 0 unspecified atom stereocenters. The van der Waals surface area contributed by atoms with Gasteiger partial charge in [0.05, 0.1) is 6.42 Å². The molecule has 1 amide bonds. The van der Waals surface area contributed by atoms with Gasteiger partial charge in [-0.2, -0.15) is 0 Å². The number of carbonyl (C=O) groups is 2. The number of carboxylic acid groups (broad SMARTS) is 1. The first kappa shape index (κ1) is 12.9. The Morgan fingerprint density at radius 1 is 1.29 bits per heavy atom. The predicted octanol–water partition coefficient (Wildman–Crippen LogP) is 1.50. The van der Waals surface area contributed by atoms with Crippen LogP contribution in [-0.2, 0) is 9.59 Å². The molecule has 4 nitrogen and oxygen atoms in total. The van der Waals surface area contributed by atoms with Crippen molar-refractivity contribution < 1.29 is 14.7 Å². The highest BCUT2D eigenvalue weighted by Gasteiger charge is 2.16. The van der Waals surface area contributed by atoms with Gasteiger partial charge in [0.2, 0.25) is 5.91 Å². The van der Waals surface area contributed by atoms with E-state index in [1.165, 1.54) is 0 Å². The summed E-state index contributed by atoms with van der Waals surface area (Å²) >= 11 is 0. The van der Waals surface area contributed by atoms with Crippen LogP contribution in [0.25, 0.3) is 0 Å². The highest BCUT2D eigenvalue weighted by atomic mass is 16.4. The number of aliphatic carboxylic acids is 1. The first-order valence-corrected chi connectivity index (χ1v) is 5.00. The molecule has 0 aromatic heterocycles. The maximum Gasteiger partial charge on any atom is 0.305 e. The van der Waals surface area contributed by atoms with E-state index in [4.69, 9.17) is 5.11 Å². The second kappa shape index (κ2) is 6.40. The van der Waals surface area contributed by atoms with Crippen LogP contribution in [0.2, 0.25) is 0 Å². The molecule has 0 aliphatic rings. The lowest BCUT2D eigenvalue weighted by atomic mass is 10.2. The highest BCUT2D eigenvalue weighted by molar-refractivity contribution is 5.77. The smallest absolute Gasteiger partial charge is 0.305 e. The average molecular weight is 201 g/mol. The van der Waals surface area contributed by atoms with Gasteiger partial charge in [-0.1, -0.05) is 6.92 Å². The Labute approximate surface area is 84.9 Å². The van der Waals surface area contributed by atoms with Gasteiger partial charge in [-0.15, -0.1) is 0 Å². The minimum atomic E-state index is -0.861. The summed E-state index contributed by atoms with van der Waals surface area (Å²) in [5.41, 5.74) is 0. The number of nitrogens with zero attached hydrogens (tertiary/aromatic N) is 1. The quantitative estimate of drug-likeness (QED) is 0.708. The summed E-state index contributed by atoms with van der Waals surface area (Å²) in [4.78, 5) is 23.5. The second-order valence-corrected chi connectivity index (χ2v) is 3.57. The third-order valence-electron chi connectivity index (χ3n) is 1.97. The molecule has 0 saturated carbocycles. The van der Waals surface area contributed by atoms with E-state index in [9.17, 15) is 9.59 Å². The zero-order chi connectivity index (χ0) is 11.1. The van der Waals surface area contributed by atoms with Crippen molar-refractivity contribution in [1.29, 1.82) is 0 Å². The van der Waals surface area contributed by atoms with Crippen LogP contribution in [0, 0.1) is 0 Å². The Balaban J connectivity index is 4.14. The van der Waals surface area contributed by atoms with Crippen LogP contribution in [0.5, 0.6) is 0 Å². The van der Waals surface area contributed by atoms with E-state index < -0.39 is 5.97 Å². The van der Waals surface area contributed by atoms with Gasteiger partial charge in [-0.25, -0.2) is 0 Å². The van der Waals surface area contributed by atoms with Gasteiger partial charge in [0, 0.05) is 19.0 Å². The Hall–Kier alpha value is -1.06. The number of amides is 1. The average Bonchev–Trinajstić information content (AvgIpc) is 2.03. The van der Waals surface area contributed by atoms with E-state index in [1.807, 2.05) is 20.8 Å². The van der Waals surface area contributed by atoms with Gasteiger partial charge in [0.25, 0.3) is 0 Å². The van der Waals surface area contributed by atoms with Crippen molar-refractivity contribution in [3.8, 4) is 0 Å². The zero-order valence-electron chi connectivity index (χ0n) is 9.12. The lowest BCUT2D eigenvalue weighted by Gasteiger charge is -2.26. The van der Waals surface area contributed by atoms with Gasteiger partial charge in [-0.05, 0) is 20.3 Å². The summed E-state index contributed by atoms with van der Waals surface area (Å²) in [6.07, 6.45) is 1.32. The molecule has 0 atom stereocenters. The third-order valence-corrected chi connectivity index (χ3v) is 1.97. The van der Waals surface area contributed by atoms with Crippen molar-refractivity contribution in [2.45, 2.75) is 46.1 Å². The lowest BCUT2D eigenvalue weighted by molar-refractivity contribution is -0.139. The molecule has 0 bridgehead atoms. The minimum absolute atomic E-state index is 0.0215. The van der Waals surface area contributed by atoms with E-state index in [0.717, 1.165) is 6.42 Å². The molecule has 4 heteroatoms. The van der Waals surface area contributed by atoms with E-state index in [0.29, 0.717) is 13.0 Å². The van der Waals surface area contributed by atoms with Crippen LogP contribution in [0.4, 0.5) is 0 Å². The predicted molar refractivity (Wildman–Crippen MR) is 54.0 cm³/mol. The van der Waals surface area contributed by atoms with Crippen molar-refractivity contribution in [2.24, 2.45) is 0 Å². The summed E-state index contributed by atoms with van der Waals surface area (Å²) in [5.74, 6) is -0.816.